The predicted octanol–water partition coefficient (Wildman–Crippen LogP) is 2.97. The van der Waals surface area contributed by atoms with E-state index in [0.717, 1.165) is 11.3 Å². The molecule has 6 nitrogen and oxygen atoms in total. The van der Waals surface area contributed by atoms with Crippen LogP contribution >= 0.6 is 11.8 Å². The zero-order chi connectivity index (χ0) is 17.3. The van der Waals surface area contributed by atoms with E-state index in [1.807, 2.05) is 30.3 Å². The summed E-state index contributed by atoms with van der Waals surface area (Å²) in [6.45, 7) is 0.629. The van der Waals surface area contributed by atoms with E-state index in [0.29, 0.717) is 31.1 Å². The first-order chi connectivity index (χ1) is 12.3. The second kappa shape index (κ2) is 8.98. The normalized spacial score (nSPS) is 10.6. The maximum absolute atomic E-state index is 11.9. The molecule has 25 heavy (non-hydrogen) atoms. The van der Waals surface area contributed by atoms with Gasteiger partial charge in [0.1, 0.15) is 0 Å². The van der Waals surface area contributed by atoms with E-state index < -0.39 is 0 Å². The minimum atomic E-state index is -0.0164. The van der Waals surface area contributed by atoms with Crippen LogP contribution in [0.1, 0.15) is 12.3 Å². The number of nitrogens with zero attached hydrogens (tertiary/aromatic N) is 3. The second-order valence-corrected chi connectivity index (χ2v) is 6.43. The van der Waals surface area contributed by atoms with Gasteiger partial charge < -0.3 is 9.84 Å². The Morgan fingerprint density at radius 2 is 1.92 bits per heavy atom. The molecule has 2 aromatic heterocycles. The Balaban J connectivity index is 1.37. The fourth-order valence-corrected chi connectivity index (χ4v) is 2.95. The van der Waals surface area contributed by atoms with E-state index in [4.69, 9.17) is 4.52 Å². The topological polar surface area (TPSA) is 80.9 Å². The van der Waals surface area contributed by atoms with Crippen molar-refractivity contribution in [3.05, 3.63) is 60.7 Å². The van der Waals surface area contributed by atoms with E-state index in [9.17, 15) is 4.79 Å². The summed E-state index contributed by atoms with van der Waals surface area (Å²) in [5.41, 5.74) is 0.840. The van der Waals surface area contributed by atoms with Gasteiger partial charge >= 0.3 is 0 Å². The van der Waals surface area contributed by atoms with Gasteiger partial charge in [-0.2, -0.15) is 4.98 Å². The van der Waals surface area contributed by atoms with E-state index in [1.54, 1.807) is 24.2 Å². The third-order valence-electron chi connectivity index (χ3n) is 3.41. The minimum Gasteiger partial charge on any atom is -0.355 e. The molecule has 0 spiro atoms. The van der Waals surface area contributed by atoms with Gasteiger partial charge in [0.15, 0.2) is 0 Å². The maximum Gasteiger partial charge on any atom is 0.227 e. The largest absolute Gasteiger partial charge is 0.355 e. The van der Waals surface area contributed by atoms with Gasteiger partial charge in [-0.1, -0.05) is 23.4 Å². The van der Waals surface area contributed by atoms with E-state index in [-0.39, 0.29) is 5.91 Å². The lowest BCUT2D eigenvalue weighted by atomic mass is 10.2. The first kappa shape index (κ1) is 17.2. The van der Waals surface area contributed by atoms with Gasteiger partial charge in [-0.3, -0.25) is 9.78 Å². The summed E-state index contributed by atoms with van der Waals surface area (Å²) < 4.78 is 5.19. The highest BCUT2D eigenvalue weighted by Crippen LogP contribution is 2.16. The van der Waals surface area contributed by atoms with Crippen LogP contribution in [0.15, 0.2) is 64.3 Å². The molecule has 0 unspecified atom stereocenters. The van der Waals surface area contributed by atoms with E-state index >= 15 is 0 Å². The van der Waals surface area contributed by atoms with Crippen LogP contribution in [-0.4, -0.2) is 33.3 Å². The third-order valence-corrected chi connectivity index (χ3v) is 4.42. The van der Waals surface area contributed by atoms with E-state index in [1.165, 1.54) is 4.90 Å². The Hall–Kier alpha value is -2.67. The maximum atomic E-state index is 11.9. The molecule has 7 heteroatoms. The van der Waals surface area contributed by atoms with Crippen molar-refractivity contribution in [2.45, 2.75) is 17.7 Å². The molecule has 1 aromatic carbocycles. The number of hydrogen-bond donors (Lipinski definition) is 1. The number of benzene rings is 1. The summed E-state index contributed by atoms with van der Waals surface area (Å²) in [4.78, 5) is 21.3. The molecule has 3 rings (SSSR count). The number of nitrogens with one attached hydrogen (secondary N) is 1. The SMILES string of the molecule is O=C(CCc1nc(-c2ccncc2)no1)NCCSc1ccccc1. The number of carbonyl (C=O) groups is 1. The molecule has 0 atom stereocenters. The summed E-state index contributed by atoms with van der Waals surface area (Å²) in [6.07, 6.45) is 4.10. The second-order valence-electron chi connectivity index (χ2n) is 5.26. The fourth-order valence-electron chi connectivity index (χ4n) is 2.16. The molecule has 0 radical (unpaired) electrons. The molecule has 0 bridgehead atoms. The van der Waals surface area contributed by atoms with Crippen LogP contribution in [0.2, 0.25) is 0 Å². The van der Waals surface area contributed by atoms with Gasteiger partial charge in [0, 0.05) is 48.0 Å². The molecule has 3 aromatic rings. The summed E-state index contributed by atoms with van der Waals surface area (Å²) in [5, 5.41) is 6.83. The van der Waals surface area contributed by atoms with Crippen molar-refractivity contribution in [1.82, 2.24) is 20.4 Å². The monoisotopic (exact) mass is 354 g/mol. The summed E-state index contributed by atoms with van der Waals surface area (Å²) in [6, 6.07) is 13.7. The molecule has 0 saturated carbocycles. The minimum absolute atomic E-state index is 0.0164. The highest BCUT2D eigenvalue weighted by Gasteiger charge is 2.10. The number of pyridine rings is 1. The molecule has 2 heterocycles. The lowest BCUT2D eigenvalue weighted by molar-refractivity contribution is -0.121. The number of rotatable bonds is 8. The van der Waals surface area contributed by atoms with Crippen LogP contribution in [0.3, 0.4) is 0 Å². The Kier molecular flexibility index (Phi) is 6.17. The molecular formula is C18H18N4O2S. The van der Waals surface area contributed by atoms with Crippen molar-refractivity contribution < 1.29 is 9.32 Å². The highest BCUT2D eigenvalue weighted by molar-refractivity contribution is 7.99. The number of hydrogen-bond acceptors (Lipinski definition) is 6. The zero-order valence-corrected chi connectivity index (χ0v) is 14.4. The van der Waals surface area contributed by atoms with Crippen molar-refractivity contribution in [3.63, 3.8) is 0 Å². The Bertz CT molecular complexity index is 793. The first-order valence-corrected chi connectivity index (χ1v) is 8.97. The summed E-state index contributed by atoms with van der Waals surface area (Å²) in [5.74, 6) is 1.79. The first-order valence-electron chi connectivity index (χ1n) is 7.99. The average Bonchev–Trinajstić information content (AvgIpc) is 3.14. The van der Waals surface area contributed by atoms with Gasteiger partial charge in [-0.05, 0) is 24.3 Å². The molecule has 0 aliphatic rings. The van der Waals surface area contributed by atoms with Crippen molar-refractivity contribution in [2.24, 2.45) is 0 Å². The molecule has 0 aliphatic carbocycles. The van der Waals surface area contributed by atoms with Crippen molar-refractivity contribution >= 4 is 17.7 Å². The summed E-state index contributed by atoms with van der Waals surface area (Å²) in [7, 11) is 0. The van der Waals surface area contributed by atoms with Gasteiger partial charge in [0.2, 0.25) is 17.6 Å². The molecule has 0 saturated heterocycles. The predicted molar refractivity (Wildman–Crippen MR) is 96.0 cm³/mol. The number of aromatic nitrogens is 3. The fraction of sp³-hybridized carbons (Fsp3) is 0.222. The van der Waals surface area contributed by atoms with Gasteiger partial charge in [-0.25, -0.2) is 0 Å². The number of carbonyl (C=O) groups excluding carboxylic acids is 1. The molecule has 1 amide bonds. The average molecular weight is 354 g/mol. The van der Waals surface area contributed by atoms with Crippen LogP contribution in [-0.2, 0) is 11.2 Å². The Labute approximate surface area is 150 Å². The molecule has 0 aliphatic heterocycles. The van der Waals surface area contributed by atoms with Crippen LogP contribution in [0, 0.1) is 0 Å². The number of amides is 1. The van der Waals surface area contributed by atoms with Crippen LogP contribution in [0.4, 0.5) is 0 Å². The quantitative estimate of drug-likeness (QED) is 0.495. The third kappa shape index (κ3) is 5.42. The van der Waals surface area contributed by atoms with Gasteiger partial charge in [0.05, 0.1) is 0 Å². The molecule has 128 valence electrons. The van der Waals surface area contributed by atoms with Crippen molar-refractivity contribution in [1.29, 1.82) is 0 Å². The lowest BCUT2D eigenvalue weighted by Crippen LogP contribution is -2.25. The molecular weight excluding hydrogens is 336 g/mol. The van der Waals surface area contributed by atoms with Crippen LogP contribution in [0.25, 0.3) is 11.4 Å². The number of thioether (sulfide) groups is 1. The Morgan fingerprint density at radius 1 is 1.12 bits per heavy atom. The lowest BCUT2D eigenvalue weighted by Gasteiger charge is -2.04. The Morgan fingerprint density at radius 3 is 2.72 bits per heavy atom. The van der Waals surface area contributed by atoms with Crippen LogP contribution < -0.4 is 5.32 Å². The van der Waals surface area contributed by atoms with E-state index in [2.05, 4.69) is 32.6 Å². The summed E-state index contributed by atoms with van der Waals surface area (Å²) >= 11 is 1.72. The van der Waals surface area contributed by atoms with Crippen molar-refractivity contribution in [3.8, 4) is 11.4 Å². The smallest absolute Gasteiger partial charge is 0.227 e. The number of aryl methyl sites for hydroxylation is 1. The zero-order valence-electron chi connectivity index (χ0n) is 13.6. The van der Waals surface area contributed by atoms with Crippen molar-refractivity contribution in [2.75, 3.05) is 12.3 Å². The van der Waals surface area contributed by atoms with Gasteiger partial charge in [0.25, 0.3) is 0 Å². The molecule has 0 fully saturated rings. The van der Waals surface area contributed by atoms with Crippen LogP contribution in [0.5, 0.6) is 0 Å². The highest BCUT2D eigenvalue weighted by atomic mass is 32.2. The molecule has 1 N–H and O–H groups in total. The standard InChI is InChI=1S/C18H18N4O2S/c23-16(20-12-13-25-15-4-2-1-3-5-15)6-7-17-21-18(22-24-17)14-8-10-19-11-9-14/h1-5,8-11H,6-7,12-13H2,(H,20,23). The van der Waals surface area contributed by atoms with Gasteiger partial charge in [-0.15, -0.1) is 11.8 Å².